The maximum atomic E-state index is 12.7. The Morgan fingerprint density at radius 1 is 1.03 bits per heavy atom. The van der Waals surface area contributed by atoms with Crippen LogP contribution in [0.5, 0.6) is 0 Å². The maximum Gasteiger partial charge on any atom is 0.242 e. The van der Waals surface area contributed by atoms with Crippen LogP contribution >= 0.6 is 0 Å². The Labute approximate surface area is 196 Å². The van der Waals surface area contributed by atoms with Crippen LogP contribution in [0.4, 0.5) is 13.2 Å². The molecular formula is C27H49F3N2. The van der Waals surface area contributed by atoms with Crippen LogP contribution < -0.4 is 0 Å². The van der Waals surface area contributed by atoms with Crippen molar-refractivity contribution in [3.63, 3.8) is 0 Å². The first-order valence-electron chi connectivity index (χ1n) is 12.2. The second-order valence-corrected chi connectivity index (χ2v) is 10.1. The molecule has 0 spiro atoms. The summed E-state index contributed by atoms with van der Waals surface area (Å²) in [6.07, 6.45) is 4.05. The molecule has 0 N–H and O–H groups in total. The predicted octanol–water partition coefficient (Wildman–Crippen LogP) is 7.43. The summed E-state index contributed by atoms with van der Waals surface area (Å²) in [5.74, 6) is 0.348. The van der Waals surface area contributed by atoms with Gasteiger partial charge in [-0.15, -0.1) is 0 Å². The molecule has 0 aromatic heterocycles. The number of hydrogen-bond donors (Lipinski definition) is 0. The number of likely N-dealkylation sites (tertiary alicyclic amines) is 1. The molecule has 1 aliphatic heterocycles. The molecule has 32 heavy (non-hydrogen) atoms. The highest BCUT2D eigenvalue weighted by atomic mass is 19.3. The highest BCUT2D eigenvalue weighted by Gasteiger charge is 2.30. The van der Waals surface area contributed by atoms with Crippen LogP contribution in [0.1, 0.15) is 83.8 Å². The monoisotopic (exact) mass is 458 g/mol. The van der Waals surface area contributed by atoms with E-state index in [2.05, 4.69) is 64.6 Å². The van der Waals surface area contributed by atoms with Crippen molar-refractivity contribution < 1.29 is 13.2 Å². The molecule has 0 amide bonds. The largest absolute Gasteiger partial charge is 0.306 e. The Morgan fingerprint density at radius 3 is 2.00 bits per heavy atom. The molecule has 1 atom stereocenters. The van der Waals surface area contributed by atoms with Crippen LogP contribution in [0, 0.1) is 5.41 Å². The van der Waals surface area contributed by atoms with Gasteiger partial charge in [-0.2, -0.15) is 0 Å². The lowest BCUT2D eigenvalue weighted by molar-refractivity contribution is 0.122. The van der Waals surface area contributed by atoms with Gasteiger partial charge < -0.3 is 9.80 Å². The van der Waals surface area contributed by atoms with Gasteiger partial charge in [0.2, 0.25) is 6.43 Å². The molecule has 1 aliphatic rings. The highest BCUT2D eigenvalue weighted by molar-refractivity contribution is 5.28. The molecule has 5 heteroatoms. The molecule has 0 radical (unpaired) electrons. The van der Waals surface area contributed by atoms with E-state index in [0.717, 1.165) is 25.2 Å². The van der Waals surface area contributed by atoms with Gasteiger partial charge in [0.05, 0.1) is 7.18 Å². The van der Waals surface area contributed by atoms with Gasteiger partial charge in [0, 0.05) is 24.9 Å². The first-order chi connectivity index (χ1) is 15.1. The maximum absolute atomic E-state index is 12.7. The summed E-state index contributed by atoms with van der Waals surface area (Å²) < 4.78 is 35.0. The van der Waals surface area contributed by atoms with Crippen LogP contribution in [-0.2, 0) is 6.42 Å². The first-order valence-corrected chi connectivity index (χ1v) is 12.2. The van der Waals surface area contributed by atoms with E-state index < -0.39 is 6.43 Å². The molecular weight excluding hydrogens is 409 g/mol. The van der Waals surface area contributed by atoms with Crippen molar-refractivity contribution in [2.45, 2.75) is 91.5 Å². The van der Waals surface area contributed by atoms with Crippen molar-refractivity contribution in [2.75, 3.05) is 40.9 Å². The summed E-state index contributed by atoms with van der Waals surface area (Å²) in [6, 6.07) is 8.53. The second-order valence-electron chi connectivity index (χ2n) is 10.1. The molecule has 1 fully saturated rings. The fourth-order valence-electron chi connectivity index (χ4n) is 4.22. The first kappa shape index (κ1) is 30.9. The van der Waals surface area contributed by atoms with E-state index in [1.165, 1.54) is 37.7 Å². The van der Waals surface area contributed by atoms with Crippen molar-refractivity contribution in [1.82, 2.24) is 9.80 Å². The number of hydrogen-bond acceptors (Lipinski definition) is 2. The summed E-state index contributed by atoms with van der Waals surface area (Å²) in [6.45, 7) is 14.4. The predicted molar refractivity (Wildman–Crippen MR) is 134 cm³/mol. The van der Waals surface area contributed by atoms with Crippen LogP contribution in [0.3, 0.4) is 0 Å². The fourth-order valence-corrected chi connectivity index (χ4v) is 4.22. The zero-order valence-corrected chi connectivity index (χ0v) is 21.9. The second kappa shape index (κ2) is 16.5. The fraction of sp³-hybridized carbons (Fsp3) is 0.778. The number of rotatable bonds is 8. The molecule has 1 aromatic carbocycles. The van der Waals surface area contributed by atoms with Gasteiger partial charge in [-0.3, -0.25) is 4.39 Å². The Bertz CT molecular complexity index is 575. The quantitative estimate of drug-likeness (QED) is 0.399. The van der Waals surface area contributed by atoms with E-state index in [4.69, 9.17) is 0 Å². The lowest BCUT2D eigenvalue weighted by Gasteiger charge is -2.40. The van der Waals surface area contributed by atoms with Crippen molar-refractivity contribution in [3.8, 4) is 0 Å². The number of piperidine rings is 1. The third kappa shape index (κ3) is 12.2. The van der Waals surface area contributed by atoms with Crippen LogP contribution in [-0.4, -0.2) is 63.2 Å². The number of alkyl halides is 3. The molecule has 2 rings (SSSR count). The Hall–Kier alpha value is -1.07. The van der Waals surface area contributed by atoms with Crippen molar-refractivity contribution in [1.29, 1.82) is 0 Å². The van der Waals surface area contributed by atoms with E-state index >= 15 is 0 Å². The van der Waals surface area contributed by atoms with Crippen LogP contribution in [0.25, 0.3) is 0 Å². The Morgan fingerprint density at radius 2 is 1.59 bits per heavy atom. The van der Waals surface area contributed by atoms with E-state index in [-0.39, 0.29) is 11.8 Å². The summed E-state index contributed by atoms with van der Waals surface area (Å²) in [5, 5.41) is 0. The van der Waals surface area contributed by atoms with Crippen LogP contribution in [0.2, 0.25) is 0 Å². The van der Waals surface area contributed by atoms with Gasteiger partial charge >= 0.3 is 0 Å². The Kier molecular flexibility index (Phi) is 16.0. The van der Waals surface area contributed by atoms with E-state index in [1.54, 1.807) is 0 Å². The lowest BCUT2D eigenvalue weighted by atomic mass is 9.75. The topological polar surface area (TPSA) is 6.48 Å². The average Bonchev–Trinajstić information content (AvgIpc) is 2.74. The van der Waals surface area contributed by atoms with E-state index in [0.29, 0.717) is 19.1 Å². The molecule has 1 unspecified atom stereocenters. The normalized spacial score (nSPS) is 16.3. The third-order valence-corrected chi connectivity index (χ3v) is 6.22. The minimum absolute atomic E-state index is 0.0991. The van der Waals surface area contributed by atoms with Crippen molar-refractivity contribution in [2.24, 2.45) is 5.41 Å². The van der Waals surface area contributed by atoms with Gasteiger partial charge in [-0.1, -0.05) is 78.1 Å². The molecule has 0 bridgehead atoms. The standard InChI is InChI=1S/C21H34F2N2.C5H12.CH3F/c1-21(2,3)19(15-25-11-9-18(10-12-25)24(4)5)17-8-6-7-16(13-17)14-20(22)23;1-3-5-4-2;1-2/h6-8,13,18-20H,9-12,14-15H2,1-5H3;3-5H2,1-2H3;1H3. The summed E-state index contributed by atoms with van der Waals surface area (Å²) in [5.41, 5.74) is 2.04. The number of halogens is 3. The molecule has 0 aliphatic carbocycles. The minimum Gasteiger partial charge on any atom is -0.306 e. The molecule has 1 heterocycles. The average molecular weight is 459 g/mol. The zero-order valence-electron chi connectivity index (χ0n) is 21.9. The van der Waals surface area contributed by atoms with E-state index in [9.17, 15) is 13.2 Å². The van der Waals surface area contributed by atoms with Crippen molar-refractivity contribution >= 4 is 0 Å². The lowest BCUT2D eigenvalue weighted by Crippen LogP contribution is -2.44. The van der Waals surface area contributed by atoms with Gasteiger partial charge in [-0.25, -0.2) is 8.78 Å². The van der Waals surface area contributed by atoms with Gasteiger partial charge in [0.25, 0.3) is 0 Å². The van der Waals surface area contributed by atoms with Crippen LogP contribution in [0.15, 0.2) is 24.3 Å². The summed E-state index contributed by atoms with van der Waals surface area (Å²) in [4.78, 5) is 4.88. The number of nitrogens with zero attached hydrogens (tertiary/aromatic N) is 2. The minimum atomic E-state index is -2.28. The Balaban J connectivity index is 0.00000121. The number of unbranched alkanes of at least 4 members (excludes halogenated alkanes) is 2. The van der Waals surface area contributed by atoms with Crippen molar-refractivity contribution in [3.05, 3.63) is 35.4 Å². The smallest absolute Gasteiger partial charge is 0.242 e. The molecule has 0 saturated carbocycles. The number of benzene rings is 1. The van der Waals surface area contributed by atoms with Gasteiger partial charge in [-0.05, 0) is 56.6 Å². The highest BCUT2D eigenvalue weighted by Crippen LogP contribution is 2.37. The SMILES string of the molecule is CCCCC.CF.CN(C)C1CCN(CC(c2cccc(CC(F)F)c2)C(C)(C)C)CC1. The van der Waals surface area contributed by atoms with Gasteiger partial charge in [0.1, 0.15) is 0 Å². The summed E-state index contributed by atoms with van der Waals surface area (Å²) in [7, 11) is 4.82. The molecule has 188 valence electrons. The third-order valence-electron chi connectivity index (χ3n) is 6.22. The summed E-state index contributed by atoms with van der Waals surface area (Å²) >= 11 is 0. The molecule has 1 aromatic rings. The molecule has 1 saturated heterocycles. The zero-order chi connectivity index (χ0) is 24.7. The molecule has 2 nitrogen and oxygen atoms in total. The van der Waals surface area contributed by atoms with E-state index in [1.807, 2.05) is 18.2 Å². The van der Waals surface area contributed by atoms with Gasteiger partial charge in [0.15, 0.2) is 0 Å².